The fourth-order valence-corrected chi connectivity index (χ4v) is 2.41. The lowest BCUT2D eigenvalue weighted by Crippen LogP contribution is -2.30. The Hall–Kier alpha value is -3.02. The van der Waals surface area contributed by atoms with E-state index in [1.165, 1.54) is 6.08 Å². The molecule has 0 aliphatic carbocycles. The van der Waals surface area contributed by atoms with Crippen LogP contribution in [0.2, 0.25) is 0 Å². The van der Waals surface area contributed by atoms with E-state index in [2.05, 4.69) is 0 Å². The maximum absolute atomic E-state index is 13.1. The van der Waals surface area contributed by atoms with E-state index in [-0.39, 0.29) is 12.1 Å². The van der Waals surface area contributed by atoms with Gasteiger partial charge >= 0.3 is 6.09 Å². The summed E-state index contributed by atoms with van der Waals surface area (Å²) in [4.78, 5) is 24.9. The molecule has 2 amide bonds. The van der Waals surface area contributed by atoms with Crippen LogP contribution in [0.15, 0.2) is 54.6 Å². The Kier molecular flexibility index (Phi) is 4.37. The first-order chi connectivity index (χ1) is 11.5. The zero-order chi connectivity index (χ0) is 17.1. The third-order valence-electron chi connectivity index (χ3n) is 3.55. The highest BCUT2D eigenvalue weighted by Gasteiger charge is 2.35. The quantitative estimate of drug-likeness (QED) is 0.807. The summed E-state index contributed by atoms with van der Waals surface area (Å²) >= 11 is 0. The van der Waals surface area contributed by atoms with Gasteiger partial charge in [-0.1, -0.05) is 30.3 Å². The molecule has 4 nitrogen and oxygen atoms in total. The molecule has 0 spiro atoms. The molecule has 0 saturated carbocycles. The molecule has 1 saturated heterocycles. The zero-order valence-electron chi connectivity index (χ0n) is 12.5. The molecule has 0 N–H and O–H groups in total. The van der Waals surface area contributed by atoms with E-state index in [4.69, 9.17) is 4.74 Å². The number of halogens is 2. The fourth-order valence-electron chi connectivity index (χ4n) is 2.41. The standard InChI is InChI=1S/C18H13F2NO3/c19-14-8-12(9-15(20)10-14)6-7-17(22)21-11-16(24-18(21)23)13-4-2-1-3-5-13/h1-10,16H,11H2/b7-6+/t16-/m1/s1. The van der Waals surface area contributed by atoms with Crippen molar-refractivity contribution in [3.63, 3.8) is 0 Å². The molecule has 1 aliphatic rings. The van der Waals surface area contributed by atoms with Crippen LogP contribution in [0.5, 0.6) is 0 Å². The van der Waals surface area contributed by atoms with Crippen LogP contribution in [0.4, 0.5) is 13.6 Å². The first-order valence-electron chi connectivity index (χ1n) is 7.24. The number of nitrogens with zero attached hydrogens (tertiary/aromatic N) is 1. The summed E-state index contributed by atoms with van der Waals surface area (Å²) in [7, 11) is 0. The number of rotatable bonds is 3. The number of ether oxygens (including phenoxy) is 1. The average molecular weight is 329 g/mol. The van der Waals surface area contributed by atoms with Crippen LogP contribution in [0.1, 0.15) is 17.2 Å². The normalized spacial score (nSPS) is 17.3. The lowest BCUT2D eigenvalue weighted by atomic mass is 10.1. The number of cyclic esters (lactones) is 1. The van der Waals surface area contributed by atoms with Gasteiger partial charge in [-0.3, -0.25) is 4.79 Å². The number of imide groups is 1. The van der Waals surface area contributed by atoms with Crippen LogP contribution in [-0.2, 0) is 9.53 Å². The molecule has 1 fully saturated rings. The van der Waals surface area contributed by atoms with Crippen molar-refractivity contribution in [1.29, 1.82) is 0 Å². The Morgan fingerprint density at radius 3 is 2.46 bits per heavy atom. The van der Waals surface area contributed by atoms with Crippen molar-refractivity contribution in [3.05, 3.63) is 77.4 Å². The van der Waals surface area contributed by atoms with Gasteiger partial charge in [0.25, 0.3) is 5.91 Å². The number of carbonyl (C=O) groups excluding carboxylic acids is 2. The molecular weight excluding hydrogens is 316 g/mol. The van der Waals surface area contributed by atoms with Crippen LogP contribution < -0.4 is 0 Å². The fraction of sp³-hybridized carbons (Fsp3) is 0.111. The lowest BCUT2D eigenvalue weighted by Gasteiger charge is -2.08. The predicted octanol–water partition coefficient (Wildman–Crippen LogP) is 3.70. The van der Waals surface area contributed by atoms with E-state index in [1.54, 1.807) is 12.1 Å². The maximum Gasteiger partial charge on any atom is 0.417 e. The number of hydrogen-bond acceptors (Lipinski definition) is 3. The second kappa shape index (κ2) is 6.62. The predicted molar refractivity (Wildman–Crippen MR) is 82.8 cm³/mol. The van der Waals surface area contributed by atoms with Gasteiger partial charge in [0.15, 0.2) is 0 Å². The second-order valence-electron chi connectivity index (χ2n) is 5.27. The first-order valence-corrected chi connectivity index (χ1v) is 7.24. The van der Waals surface area contributed by atoms with Gasteiger partial charge in [0.1, 0.15) is 17.7 Å². The lowest BCUT2D eigenvalue weighted by molar-refractivity contribution is -0.122. The summed E-state index contributed by atoms with van der Waals surface area (Å²) in [5.41, 5.74) is 0.977. The van der Waals surface area contributed by atoms with Crippen molar-refractivity contribution in [2.75, 3.05) is 6.54 Å². The molecule has 0 radical (unpaired) electrons. The summed E-state index contributed by atoms with van der Waals surface area (Å²) in [5, 5.41) is 0. The van der Waals surface area contributed by atoms with Crippen molar-refractivity contribution in [3.8, 4) is 0 Å². The zero-order valence-corrected chi connectivity index (χ0v) is 12.5. The summed E-state index contributed by atoms with van der Waals surface area (Å²) < 4.78 is 31.4. The van der Waals surface area contributed by atoms with Crippen molar-refractivity contribution in [1.82, 2.24) is 4.90 Å². The average Bonchev–Trinajstić information content (AvgIpc) is 2.94. The number of benzene rings is 2. The molecule has 0 unspecified atom stereocenters. The highest BCUT2D eigenvalue weighted by Crippen LogP contribution is 2.26. The SMILES string of the molecule is O=C(/C=C/c1cc(F)cc(F)c1)N1C[C@H](c2ccccc2)OC1=O. The van der Waals surface area contributed by atoms with Crippen LogP contribution in [0, 0.1) is 11.6 Å². The minimum atomic E-state index is -0.746. The maximum atomic E-state index is 13.1. The molecule has 1 atom stereocenters. The minimum absolute atomic E-state index is 0.0868. The third-order valence-corrected chi connectivity index (χ3v) is 3.55. The summed E-state index contributed by atoms with van der Waals surface area (Å²) in [6, 6.07) is 12.0. The van der Waals surface area contributed by atoms with E-state index in [9.17, 15) is 18.4 Å². The van der Waals surface area contributed by atoms with E-state index < -0.39 is 29.7 Å². The van der Waals surface area contributed by atoms with Crippen LogP contribution in [0.25, 0.3) is 6.08 Å². The van der Waals surface area contributed by atoms with Gasteiger partial charge in [0, 0.05) is 12.1 Å². The molecule has 2 aromatic rings. The largest absolute Gasteiger partial charge is 0.439 e. The van der Waals surface area contributed by atoms with E-state index in [1.807, 2.05) is 18.2 Å². The summed E-state index contributed by atoms with van der Waals surface area (Å²) in [6.45, 7) is 0.0868. The van der Waals surface area contributed by atoms with E-state index >= 15 is 0 Å². The first kappa shape index (κ1) is 15.9. The van der Waals surface area contributed by atoms with Gasteiger partial charge in [-0.15, -0.1) is 0 Å². The molecule has 1 aliphatic heterocycles. The van der Waals surface area contributed by atoms with E-state index in [0.717, 1.165) is 34.7 Å². The number of hydrogen-bond donors (Lipinski definition) is 0. The van der Waals surface area contributed by atoms with Crippen LogP contribution in [-0.4, -0.2) is 23.4 Å². The number of carbonyl (C=O) groups is 2. The van der Waals surface area contributed by atoms with Gasteiger partial charge in [0.2, 0.25) is 0 Å². The van der Waals surface area contributed by atoms with Gasteiger partial charge in [-0.2, -0.15) is 0 Å². The minimum Gasteiger partial charge on any atom is -0.439 e. The molecule has 3 rings (SSSR count). The molecule has 1 heterocycles. The summed E-state index contributed by atoms with van der Waals surface area (Å²) in [5.74, 6) is -2.10. The van der Waals surface area contributed by atoms with Crippen molar-refractivity contribution >= 4 is 18.1 Å². The van der Waals surface area contributed by atoms with E-state index in [0.29, 0.717) is 0 Å². The highest BCUT2D eigenvalue weighted by molar-refractivity contribution is 6.01. The summed E-state index contributed by atoms with van der Waals surface area (Å²) in [6.07, 6.45) is 1.06. The second-order valence-corrected chi connectivity index (χ2v) is 5.27. The molecule has 122 valence electrons. The van der Waals surface area contributed by atoms with Gasteiger partial charge < -0.3 is 4.74 Å². The Bertz CT molecular complexity index is 785. The Morgan fingerprint density at radius 1 is 1.12 bits per heavy atom. The van der Waals surface area contributed by atoms with Crippen LogP contribution >= 0.6 is 0 Å². The molecule has 0 bridgehead atoms. The number of amides is 2. The highest BCUT2D eigenvalue weighted by atomic mass is 19.1. The van der Waals surface area contributed by atoms with Gasteiger partial charge in [-0.25, -0.2) is 18.5 Å². The smallest absolute Gasteiger partial charge is 0.417 e. The topological polar surface area (TPSA) is 46.6 Å². The molecule has 0 aromatic heterocycles. The van der Waals surface area contributed by atoms with Crippen molar-refractivity contribution in [2.45, 2.75) is 6.10 Å². The monoisotopic (exact) mass is 329 g/mol. The molecule has 6 heteroatoms. The van der Waals surface area contributed by atoms with Gasteiger partial charge in [0.05, 0.1) is 6.54 Å². The Labute approximate surface area is 137 Å². The Morgan fingerprint density at radius 2 is 1.79 bits per heavy atom. The van der Waals surface area contributed by atoms with Crippen LogP contribution in [0.3, 0.4) is 0 Å². The molecule has 2 aromatic carbocycles. The third kappa shape index (κ3) is 3.48. The molecular formula is C18H13F2NO3. The Balaban J connectivity index is 1.71. The van der Waals surface area contributed by atoms with Crippen molar-refractivity contribution in [2.24, 2.45) is 0 Å². The van der Waals surface area contributed by atoms with Gasteiger partial charge in [-0.05, 0) is 29.3 Å². The van der Waals surface area contributed by atoms with Crippen molar-refractivity contribution < 1.29 is 23.1 Å². The molecule has 24 heavy (non-hydrogen) atoms.